The largest absolute Gasteiger partial charge is 0.488 e. The number of benzene rings is 1. The second-order valence-corrected chi connectivity index (χ2v) is 4.43. The highest BCUT2D eigenvalue weighted by atomic mass is 35.5. The van der Waals surface area contributed by atoms with Crippen molar-refractivity contribution in [1.29, 1.82) is 0 Å². The van der Waals surface area contributed by atoms with Crippen LogP contribution in [0.5, 0.6) is 5.75 Å². The van der Waals surface area contributed by atoms with E-state index in [1.165, 1.54) is 0 Å². The molecule has 1 rings (SSSR count). The molecule has 0 N–H and O–H groups in total. The molecule has 0 aliphatic heterocycles. The van der Waals surface area contributed by atoms with Gasteiger partial charge in [0.2, 0.25) is 0 Å². The Kier molecular flexibility index (Phi) is 5.13. The Balaban J connectivity index is 2.77. The van der Waals surface area contributed by atoms with Crippen LogP contribution in [-0.4, -0.2) is 12.4 Å². The predicted molar refractivity (Wildman–Crippen MR) is 70.0 cm³/mol. The molecule has 0 heterocycles. The number of ether oxygens (including phenoxy) is 1. The van der Waals surface area contributed by atoms with Gasteiger partial charge in [0.1, 0.15) is 12.4 Å². The highest BCUT2D eigenvalue weighted by Gasteiger charge is 2.07. The Labute approximate surface area is 109 Å². The second-order valence-electron chi connectivity index (χ2n) is 2.89. The third-order valence-corrected chi connectivity index (χ3v) is 3.09. The lowest BCUT2D eigenvalue weighted by atomic mass is 10.3. The standard InChI is InChI=1S/C10H9Cl3OS/c1-6(5-15)4-14-10-3-8(12)7(11)2-9(10)13/h2-3,15H,1,4-5H2. The average molecular weight is 284 g/mol. The number of rotatable bonds is 4. The van der Waals surface area contributed by atoms with Crippen LogP contribution in [0.25, 0.3) is 0 Å². The molecule has 1 aromatic carbocycles. The van der Waals surface area contributed by atoms with Gasteiger partial charge in [-0.3, -0.25) is 0 Å². The van der Waals surface area contributed by atoms with Crippen molar-refractivity contribution in [2.75, 3.05) is 12.4 Å². The van der Waals surface area contributed by atoms with Gasteiger partial charge in [0, 0.05) is 11.8 Å². The van der Waals surface area contributed by atoms with E-state index in [-0.39, 0.29) is 0 Å². The summed E-state index contributed by atoms with van der Waals surface area (Å²) in [4.78, 5) is 0. The van der Waals surface area contributed by atoms with E-state index in [9.17, 15) is 0 Å². The van der Waals surface area contributed by atoms with Crippen LogP contribution >= 0.6 is 47.4 Å². The fourth-order valence-corrected chi connectivity index (χ4v) is 1.52. The lowest BCUT2D eigenvalue weighted by Crippen LogP contribution is -2.01. The van der Waals surface area contributed by atoms with E-state index in [1.807, 2.05) is 0 Å². The molecule has 0 saturated carbocycles. The zero-order valence-corrected chi connectivity index (χ0v) is 10.9. The molecule has 0 aliphatic carbocycles. The molecule has 0 unspecified atom stereocenters. The molecule has 0 radical (unpaired) electrons. The minimum atomic E-state index is 0.362. The molecule has 0 bridgehead atoms. The molecule has 82 valence electrons. The van der Waals surface area contributed by atoms with E-state index >= 15 is 0 Å². The Morgan fingerprint density at radius 2 is 1.80 bits per heavy atom. The Hall–Kier alpha value is -0.0200. The topological polar surface area (TPSA) is 9.23 Å². The Morgan fingerprint density at radius 1 is 1.20 bits per heavy atom. The van der Waals surface area contributed by atoms with Gasteiger partial charge in [-0.2, -0.15) is 12.6 Å². The number of hydrogen-bond acceptors (Lipinski definition) is 2. The first-order chi connectivity index (χ1) is 7.04. The van der Waals surface area contributed by atoms with Gasteiger partial charge in [0.25, 0.3) is 0 Å². The number of hydrogen-bond donors (Lipinski definition) is 1. The van der Waals surface area contributed by atoms with Crippen molar-refractivity contribution in [3.63, 3.8) is 0 Å². The zero-order valence-electron chi connectivity index (χ0n) is 7.77. The molecule has 0 spiro atoms. The highest BCUT2D eigenvalue weighted by Crippen LogP contribution is 2.33. The van der Waals surface area contributed by atoms with Crippen molar-refractivity contribution < 1.29 is 4.74 Å². The van der Waals surface area contributed by atoms with E-state index in [4.69, 9.17) is 39.5 Å². The second kappa shape index (κ2) is 5.90. The summed E-state index contributed by atoms with van der Waals surface area (Å²) in [5.74, 6) is 1.06. The molecule has 0 saturated heterocycles. The zero-order chi connectivity index (χ0) is 11.4. The third-order valence-electron chi connectivity index (χ3n) is 1.63. The van der Waals surface area contributed by atoms with Gasteiger partial charge in [-0.05, 0) is 11.6 Å². The summed E-state index contributed by atoms with van der Waals surface area (Å²) in [7, 11) is 0. The van der Waals surface area contributed by atoms with Crippen molar-refractivity contribution in [3.05, 3.63) is 39.4 Å². The maximum Gasteiger partial charge on any atom is 0.139 e. The quantitative estimate of drug-likeness (QED) is 0.486. The van der Waals surface area contributed by atoms with Gasteiger partial charge in [-0.15, -0.1) is 0 Å². The van der Waals surface area contributed by atoms with Gasteiger partial charge in [0.05, 0.1) is 15.1 Å². The summed E-state index contributed by atoms with van der Waals surface area (Å²) in [5.41, 5.74) is 0.862. The van der Waals surface area contributed by atoms with Crippen LogP contribution in [0, 0.1) is 0 Å². The highest BCUT2D eigenvalue weighted by molar-refractivity contribution is 7.80. The van der Waals surface area contributed by atoms with Crippen LogP contribution in [0.4, 0.5) is 0 Å². The van der Waals surface area contributed by atoms with Crippen LogP contribution in [0.1, 0.15) is 0 Å². The first-order valence-electron chi connectivity index (χ1n) is 4.09. The van der Waals surface area contributed by atoms with E-state index in [1.54, 1.807) is 12.1 Å². The van der Waals surface area contributed by atoms with Crippen molar-refractivity contribution in [1.82, 2.24) is 0 Å². The lowest BCUT2D eigenvalue weighted by Gasteiger charge is -2.09. The Bertz CT molecular complexity index is 379. The van der Waals surface area contributed by atoms with Crippen molar-refractivity contribution in [2.45, 2.75) is 0 Å². The first-order valence-corrected chi connectivity index (χ1v) is 5.86. The van der Waals surface area contributed by atoms with Crippen molar-refractivity contribution >= 4 is 47.4 Å². The molecule has 1 aromatic rings. The van der Waals surface area contributed by atoms with Crippen LogP contribution in [0.2, 0.25) is 15.1 Å². The molecule has 0 aromatic heterocycles. The molecule has 0 aliphatic rings. The minimum absolute atomic E-state index is 0.362. The van der Waals surface area contributed by atoms with E-state index in [0.29, 0.717) is 33.2 Å². The van der Waals surface area contributed by atoms with Crippen molar-refractivity contribution in [3.8, 4) is 5.75 Å². The lowest BCUT2D eigenvalue weighted by molar-refractivity contribution is 0.353. The van der Waals surface area contributed by atoms with E-state index < -0.39 is 0 Å². The minimum Gasteiger partial charge on any atom is -0.488 e. The van der Waals surface area contributed by atoms with Gasteiger partial charge >= 0.3 is 0 Å². The van der Waals surface area contributed by atoms with Crippen molar-refractivity contribution in [2.24, 2.45) is 0 Å². The summed E-state index contributed by atoms with van der Waals surface area (Å²) in [5, 5.41) is 1.24. The summed E-state index contributed by atoms with van der Waals surface area (Å²) in [6.45, 7) is 4.12. The van der Waals surface area contributed by atoms with Gasteiger partial charge in [-0.1, -0.05) is 41.4 Å². The van der Waals surface area contributed by atoms with Gasteiger partial charge in [-0.25, -0.2) is 0 Å². The third kappa shape index (κ3) is 3.80. The SMILES string of the molecule is C=C(CS)COc1cc(Cl)c(Cl)cc1Cl. The smallest absolute Gasteiger partial charge is 0.139 e. The summed E-state index contributed by atoms with van der Waals surface area (Å²) < 4.78 is 5.40. The monoisotopic (exact) mass is 282 g/mol. The molecule has 5 heteroatoms. The normalized spacial score (nSPS) is 10.1. The first kappa shape index (κ1) is 13.0. The van der Waals surface area contributed by atoms with Gasteiger partial charge in [0.15, 0.2) is 0 Å². The fourth-order valence-electron chi connectivity index (χ4n) is 0.840. The fraction of sp³-hybridized carbons (Fsp3) is 0.200. The van der Waals surface area contributed by atoms with Crippen LogP contribution in [0.3, 0.4) is 0 Å². The average Bonchev–Trinajstić information content (AvgIpc) is 2.21. The molecule has 0 fully saturated rings. The molecular weight excluding hydrogens is 275 g/mol. The maximum atomic E-state index is 5.91. The summed E-state index contributed by atoms with van der Waals surface area (Å²) >= 11 is 21.6. The number of halogens is 3. The van der Waals surface area contributed by atoms with E-state index in [2.05, 4.69) is 19.2 Å². The summed E-state index contributed by atoms with van der Waals surface area (Å²) in [6, 6.07) is 3.13. The molecule has 0 atom stereocenters. The van der Waals surface area contributed by atoms with Gasteiger partial charge < -0.3 is 4.74 Å². The Morgan fingerprint density at radius 3 is 2.40 bits per heavy atom. The van der Waals surface area contributed by atoms with Crippen LogP contribution < -0.4 is 4.74 Å². The van der Waals surface area contributed by atoms with E-state index in [0.717, 1.165) is 5.57 Å². The summed E-state index contributed by atoms with van der Waals surface area (Å²) in [6.07, 6.45) is 0. The van der Waals surface area contributed by atoms with Crippen LogP contribution in [0.15, 0.2) is 24.3 Å². The predicted octanol–water partition coefficient (Wildman–Crippen LogP) is 4.51. The molecule has 0 amide bonds. The molecular formula is C10H9Cl3OS. The molecule has 1 nitrogen and oxygen atoms in total. The molecule has 15 heavy (non-hydrogen) atoms. The maximum absolute atomic E-state index is 5.91. The number of thiol groups is 1. The van der Waals surface area contributed by atoms with Crippen LogP contribution in [-0.2, 0) is 0 Å².